The van der Waals surface area contributed by atoms with E-state index in [0.29, 0.717) is 0 Å². The number of carboxylic acid groups (broad SMARTS) is 1. The molecule has 8 heteroatoms. The van der Waals surface area contributed by atoms with Crippen LogP contribution in [0.2, 0.25) is 0 Å². The summed E-state index contributed by atoms with van der Waals surface area (Å²) in [6, 6.07) is 0. The molecule has 0 amide bonds. The number of halogens is 4. The molecule has 0 spiro atoms. The molecule has 0 fully saturated rings. The topological polar surface area (TPSA) is 70.2 Å². The van der Waals surface area contributed by atoms with Gasteiger partial charge in [-0.1, -0.05) is 0 Å². The van der Waals surface area contributed by atoms with Gasteiger partial charge in [0.1, 0.15) is 0 Å². The number of carbonyl (C=O) groups is 2. The molecule has 0 unspecified atom stereocenters. The molecule has 4 nitrogen and oxygen atoms in total. The van der Waals surface area contributed by atoms with Gasteiger partial charge in [-0.05, 0) is 0 Å². The third-order valence-corrected chi connectivity index (χ3v) is 2.38. The Bertz CT molecular complexity index is 692. The lowest BCUT2D eigenvalue weighted by molar-refractivity contribution is 0.0696. The number of benzene rings is 1. The van der Waals surface area contributed by atoms with Crippen molar-refractivity contribution >= 4 is 23.2 Å². The molecule has 2 aromatic rings. The largest absolute Gasteiger partial charge is 0.478 e. The number of carboxylic acids is 1. The first-order valence-electron chi connectivity index (χ1n) is 4.46. The van der Waals surface area contributed by atoms with Gasteiger partial charge in [0.25, 0.3) is 0 Å². The van der Waals surface area contributed by atoms with Crippen molar-refractivity contribution in [1.82, 2.24) is 4.98 Å². The molecular weight excluding hydrogens is 258 g/mol. The van der Waals surface area contributed by atoms with E-state index in [4.69, 9.17) is 5.11 Å². The second kappa shape index (κ2) is 3.83. The van der Waals surface area contributed by atoms with E-state index in [-0.39, 0.29) is 6.29 Å². The highest BCUT2D eigenvalue weighted by molar-refractivity contribution is 6.09. The molecule has 94 valence electrons. The predicted octanol–water partition coefficient (Wildman–Crippen LogP) is 2.23. The number of carbonyl (C=O) groups excluding carboxylic acids is 1. The molecule has 18 heavy (non-hydrogen) atoms. The number of nitrogens with one attached hydrogen (secondary N) is 1. The molecule has 0 atom stereocenters. The highest BCUT2D eigenvalue weighted by Gasteiger charge is 2.28. The summed E-state index contributed by atoms with van der Waals surface area (Å²) in [6.45, 7) is 0. The van der Waals surface area contributed by atoms with Gasteiger partial charge in [-0.3, -0.25) is 4.79 Å². The number of aromatic nitrogens is 1. The Morgan fingerprint density at radius 3 is 2.11 bits per heavy atom. The number of H-pyrrole nitrogens is 1. The summed E-state index contributed by atoms with van der Waals surface area (Å²) in [7, 11) is 0. The molecule has 0 aliphatic heterocycles. The maximum absolute atomic E-state index is 13.4. The van der Waals surface area contributed by atoms with Crippen LogP contribution < -0.4 is 0 Å². The van der Waals surface area contributed by atoms with E-state index >= 15 is 0 Å². The van der Waals surface area contributed by atoms with Crippen molar-refractivity contribution in [3.63, 3.8) is 0 Å². The molecular formula is C10H3F4NO3. The quantitative estimate of drug-likeness (QED) is 0.377. The van der Waals surface area contributed by atoms with Crippen LogP contribution in [0.25, 0.3) is 10.9 Å². The Kier molecular flexibility index (Phi) is 2.57. The van der Waals surface area contributed by atoms with E-state index in [1.807, 2.05) is 4.98 Å². The Morgan fingerprint density at radius 1 is 1.06 bits per heavy atom. The lowest BCUT2D eigenvalue weighted by Crippen LogP contribution is -2.02. The molecule has 0 aliphatic carbocycles. The van der Waals surface area contributed by atoms with E-state index in [9.17, 15) is 27.2 Å². The summed E-state index contributed by atoms with van der Waals surface area (Å²) in [5.41, 5.74) is -2.54. The third kappa shape index (κ3) is 1.38. The van der Waals surface area contributed by atoms with Gasteiger partial charge in [0.2, 0.25) is 0 Å². The molecule has 1 heterocycles. The standard InChI is InChI=1S/C10H3F4NO3/c11-5-4-3(10(17)18)2(1-16)15-9(4)8(14)7(13)6(5)12/h1,15H,(H,17,18). The fourth-order valence-electron chi connectivity index (χ4n) is 1.63. The number of aldehydes is 1. The molecule has 1 aromatic heterocycles. The first-order chi connectivity index (χ1) is 8.40. The van der Waals surface area contributed by atoms with Gasteiger partial charge in [-0.25, -0.2) is 22.4 Å². The summed E-state index contributed by atoms with van der Waals surface area (Å²) in [5, 5.41) is 7.76. The fraction of sp³-hybridized carbons (Fsp3) is 0. The van der Waals surface area contributed by atoms with Crippen LogP contribution in [0.3, 0.4) is 0 Å². The summed E-state index contributed by atoms with van der Waals surface area (Å²) in [4.78, 5) is 23.3. The van der Waals surface area contributed by atoms with Crippen molar-refractivity contribution in [2.24, 2.45) is 0 Å². The minimum Gasteiger partial charge on any atom is -0.478 e. The molecule has 0 bridgehead atoms. The number of hydrogen-bond acceptors (Lipinski definition) is 2. The van der Waals surface area contributed by atoms with Crippen molar-refractivity contribution < 1.29 is 32.3 Å². The number of aromatic carboxylic acids is 1. The average Bonchev–Trinajstić information content (AvgIpc) is 2.73. The lowest BCUT2D eigenvalue weighted by atomic mass is 10.1. The Labute approximate surface area is 95.8 Å². The first kappa shape index (κ1) is 12.1. The molecule has 2 rings (SSSR count). The number of fused-ring (bicyclic) bond motifs is 1. The van der Waals surface area contributed by atoms with E-state index in [2.05, 4.69) is 0 Å². The van der Waals surface area contributed by atoms with E-state index in [0.717, 1.165) is 0 Å². The number of aromatic amines is 1. The normalized spacial score (nSPS) is 10.9. The van der Waals surface area contributed by atoms with Crippen LogP contribution >= 0.6 is 0 Å². The maximum atomic E-state index is 13.4. The molecule has 0 radical (unpaired) electrons. The van der Waals surface area contributed by atoms with Gasteiger partial charge in [0.05, 0.1) is 22.2 Å². The van der Waals surface area contributed by atoms with Crippen LogP contribution in [-0.4, -0.2) is 22.3 Å². The van der Waals surface area contributed by atoms with Crippen molar-refractivity contribution in [3.05, 3.63) is 34.5 Å². The zero-order valence-electron chi connectivity index (χ0n) is 8.35. The lowest BCUT2D eigenvalue weighted by Gasteiger charge is -2.00. The molecule has 0 saturated carbocycles. The first-order valence-corrected chi connectivity index (χ1v) is 4.46. The van der Waals surface area contributed by atoms with E-state index < -0.39 is 51.4 Å². The summed E-state index contributed by atoms with van der Waals surface area (Å²) < 4.78 is 52.7. The predicted molar refractivity (Wildman–Crippen MR) is 50.5 cm³/mol. The minimum atomic E-state index is -2.14. The van der Waals surface area contributed by atoms with Crippen LogP contribution in [0.15, 0.2) is 0 Å². The third-order valence-electron chi connectivity index (χ3n) is 2.38. The van der Waals surface area contributed by atoms with Crippen LogP contribution in [0.4, 0.5) is 17.6 Å². The van der Waals surface area contributed by atoms with Crippen LogP contribution in [-0.2, 0) is 0 Å². The average molecular weight is 261 g/mol. The van der Waals surface area contributed by atoms with Crippen molar-refractivity contribution in [2.75, 3.05) is 0 Å². The second-order valence-corrected chi connectivity index (χ2v) is 3.34. The highest BCUT2D eigenvalue weighted by Crippen LogP contribution is 2.30. The number of hydrogen-bond donors (Lipinski definition) is 2. The smallest absolute Gasteiger partial charge is 0.338 e. The Hall–Kier alpha value is -2.38. The van der Waals surface area contributed by atoms with Crippen LogP contribution in [0.1, 0.15) is 20.8 Å². The highest BCUT2D eigenvalue weighted by atomic mass is 19.2. The second-order valence-electron chi connectivity index (χ2n) is 3.34. The minimum absolute atomic E-state index is 0.0157. The molecule has 0 aliphatic rings. The fourth-order valence-corrected chi connectivity index (χ4v) is 1.63. The molecule has 1 aromatic carbocycles. The molecule has 2 N–H and O–H groups in total. The molecule has 0 saturated heterocycles. The monoisotopic (exact) mass is 261 g/mol. The summed E-state index contributed by atoms with van der Waals surface area (Å²) in [6.07, 6.45) is -0.0157. The summed E-state index contributed by atoms with van der Waals surface area (Å²) >= 11 is 0. The van der Waals surface area contributed by atoms with Crippen LogP contribution in [0, 0.1) is 23.3 Å². The van der Waals surface area contributed by atoms with Crippen LogP contribution in [0.5, 0.6) is 0 Å². The van der Waals surface area contributed by atoms with Gasteiger partial charge in [-0.15, -0.1) is 0 Å². The zero-order valence-corrected chi connectivity index (χ0v) is 8.35. The summed E-state index contributed by atoms with van der Waals surface area (Å²) in [5.74, 6) is -9.66. The van der Waals surface area contributed by atoms with Gasteiger partial charge in [0.15, 0.2) is 29.6 Å². The van der Waals surface area contributed by atoms with Gasteiger partial charge in [0, 0.05) is 0 Å². The zero-order chi connectivity index (χ0) is 13.6. The van der Waals surface area contributed by atoms with Gasteiger partial charge < -0.3 is 10.1 Å². The Morgan fingerprint density at radius 2 is 1.61 bits per heavy atom. The number of rotatable bonds is 2. The van der Waals surface area contributed by atoms with Crippen molar-refractivity contribution in [3.8, 4) is 0 Å². The van der Waals surface area contributed by atoms with Crippen molar-refractivity contribution in [2.45, 2.75) is 0 Å². The Balaban J connectivity index is 3.09. The van der Waals surface area contributed by atoms with Crippen molar-refractivity contribution in [1.29, 1.82) is 0 Å². The SMILES string of the molecule is O=Cc1[nH]c2c(F)c(F)c(F)c(F)c2c1C(=O)O. The maximum Gasteiger partial charge on any atom is 0.338 e. The van der Waals surface area contributed by atoms with Gasteiger partial charge >= 0.3 is 5.97 Å². The van der Waals surface area contributed by atoms with E-state index in [1.54, 1.807) is 0 Å². The van der Waals surface area contributed by atoms with E-state index in [1.165, 1.54) is 0 Å². The van der Waals surface area contributed by atoms with Gasteiger partial charge in [-0.2, -0.15) is 0 Å².